The highest BCUT2D eigenvalue weighted by Crippen LogP contribution is 2.65. The fourth-order valence-corrected chi connectivity index (χ4v) is 5.91. The second kappa shape index (κ2) is 6.29. The maximum atomic E-state index is 13.2. The summed E-state index contributed by atoms with van der Waals surface area (Å²) in [5, 5.41) is 3.23. The Hall–Kier alpha value is -2.92. The van der Waals surface area contributed by atoms with E-state index < -0.39 is 0 Å². The van der Waals surface area contributed by atoms with Gasteiger partial charge < -0.3 is 5.32 Å². The van der Waals surface area contributed by atoms with E-state index in [0.717, 1.165) is 6.42 Å². The SMILES string of the molecule is O=C(Nc1ccccc1Cl)c1ccc(N2C(=O)[C@@H]3[C@H]4C=C[C@@H]([C@@H]5C[C@@H]45)[C@H]3C2=O)cc1. The van der Waals surface area contributed by atoms with Crippen molar-refractivity contribution in [1.82, 2.24) is 0 Å². The average Bonchev–Trinajstić information content (AvgIpc) is 3.53. The topological polar surface area (TPSA) is 66.5 Å². The van der Waals surface area contributed by atoms with Crippen LogP contribution in [-0.2, 0) is 9.59 Å². The number of benzene rings is 2. The van der Waals surface area contributed by atoms with E-state index in [1.807, 2.05) is 0 Å². The van der Waals surface area contributed by atoms with Crippen LogP contribution >= 0.6 is 11.6 Å². The Kier molecular flexibility index (Phi) is 3.75. The molecule has 0 radical (unpaired) electrons. The summed E-state index contributed by atoms with van der Waals surface area (Å²) in [5.74, 6) is 0.622. The molecule has 7 rings (SSSR count). The van der Waals surface area contributed by atoms with Crippen molar-refractivity contribution in [2.24, 2.45) is 35.5 Å². The molecule has 1 heterocycles. The van der Waals surface area contributed by atoms with Crippen LogP contribution in [0.3, 0.4) is 0 Å². The Balaban J connectivity index is 1.24. The lowest BCUT2D eigenvalue weighted by Gasteiger charge is -2.37. The van der Waals surface area contributed by atoms with Crippen LogP contribution < -0.4 is 10.2 Å². The molecule has 5 nitrogen and oxygen atoms in total. The predicted molar refractivity (Wildman–Crippen MR) is 113 cm³/mol. The maximum absolute atomic E-state index is 13.2. The van der Waals surface area contributed by atoms with Crippen molar-refractivity contribution >= 4 is 40.7 Å². The molecule has 2 saturated carbocycles. The number of hydrogen-bond donors (Lipinski definition) is 1. The molecule has 2 aromatic carbocycles. The smallest absolute Gasteiger partial charge is 0.255 e. The first-order valence-electron chi connectivity index (χ1n) is 10.3. The molecular weight excluding hydrogens is 400 g/mol. The van der Waals surface area contributed by atoms with Crippen LogP contribution in [0.2, 0.25) is 5.02 Å². The number of nitrogens with zero attached hydrogens (tertiary/aromatic N) is 1. The molecule has 3 fully saturated rings. The van der Waals surface area contributed by atoms with Crippen molar-refractivity contribution in [3.63, 3.8) is 0 Å². The second-order valence-corrected chi connectivity index (χ2v) is 9.05. The molecule has 1 aliphatic heterocycles. The van der Waals surface area contributed by atoms with E-state index >= 15 is 0 Å². The van der Waals surface area contributed by atoms with Crippen molar-refractivity contribution in [3.8, 4) is 0 Å². The van der Waals surface area contributed by atoms with Crippen molar-refractivity contribution in [2.75, 3.05) is 10.2 Å². The van der Waals surface area contributed by atoms with Crippen LogP contribution in [0.15, 0.2) is 60.7 Å². The third-order valence-electron chi connectivity index (χ3n) is 7.17. The van der Waals surface area contributed by atoms with Gasteiger partial charge in [-0.25, -0.2) is 0 Å². The lowest BCUT2D eigenvalue weighted by molar-refractivity contribution is -0.124. The zero-order valence-electron chi connectivity index (χ0n) is 16.0. The van der Waals surface area contributed by atoms with Crippen molar-refractivity contribution in [1.29, 1.82) is 0 Å². The van der Waals surface area contributed by atoms with Gasteiger partial charge in [0.05, 0.1) is 28.2 Å². The van der Waals surface area contributed by atoms with Gasteiger partial charge in [-0.15, -0.1) is 0 Å². The minimum Gasteiger partial charge on any atom is -0.321 e. The zero-order valence-corrected chi connectivity index (χ0v) is 16.8. The van der Waals surface area contributed by atoms with Crippen LogP contribution in [0.25, 0.3) is 0 Å². The average molecular weight is 419 g/mol. The van der Waals surface area contributed by atoms with Crippen LogP contribution in [0.4, 0.5) is 11.4 Å². The highest BCUT2D eigenvalue weighted by atomic mass is 35.5. The first kappa shape index (κ1) is 17.9. The third-order valence-corrected chi connectivity index (χ3v) is 7.50. The summed E-state index contributed by atoms with van der Waals surface area (Å²) in [5.41, 5.74) is 1.49. The number of halogens is 1. The van der Waals surface area contributed by atoms with Gasteiger partial charge in [-0.1, -0.05) is 35.9 Å². The number of imide groups is 1. The number of nitrogens with one attached hydrogen (secondary N) is 1. The monoisotopic (exact) mass is 418 g/mol. The van der Waals surface area contributed by atoms with Gasteiger partial charge in [-0.05, 0) is 66.5 Å². The van der Waals surface area contributed by atoms with E-state index in [2.05, 4.69) is 17.5 Å². The summed E-state index contributed by atoms with van der Waals surface area (Å²) in [6.07, 6.45) is 5.47. The fraction of sp³-hybridized carbons (Fsp3) is 0.292. The Morgan fingerprint density at radius 3 is 2.10 bits per heavy atom. The number of carbonyl (C=O) groups is 3. The van der Waals surface area contributed by atoms with Gasteiger partial charge in [0.2, 0.25) is 11.8 Å². The molecular formula is C24H19ClN2O3. The van der Waals surface area contributed by atoms with Gasteiger partial charge in [0.25, 0.3) is 5.91 Å². The van der Waals surface area contributed by atoms with Crippen molar-refractivity contribution in [3.05, 3.63) is 71.3 Å². The molecule has 5 aliphatic rings. The molecule has 0 unspecified atom stereocenters. The summed E-state index contributed by atoms with van der Waals surface area (Å²) in [6.45, 7) is 0. The number of carbonyl (C=O) groups excluding carboxylic acids is 3. The van der Waals surface area contributed by atoms with Gasteiger partial charge in [0.15, 0.2) is 0 Å². The maximum Gasteiger partial charge on any atom is 0.255 e. The van der Waals surface area contributed by atoms with Crippen LogP contribution in [-0.4, -0.2) is 17.7 Å². The molecule has 6 atom stereocenters. The van der Waals surface area contributed by atoms with Crippen LogP contribution in [0.5, 0.6) is 0 Å². The Morgan fingerprint density at radius 2 is 1.50 bits per heavy atom. The summed E-state index contributed by atoms with van der Waals surface area (Å²) in [7, 11) is 0. The zero-order chi connectivity index (χ0) is 20.6. The number of para-hydroxylation sites is 1. The third kappa shape index (κ3) is 2.45. The number of hydrogen-bond acceptors (Lipinski definition) is 3. The molecule has 0 aromatic heterocycles. The largest absolute Gasteiger partial charge is 0.321 e. The molecule has 1 saturated heterocycles. The number of amides is 3. The Bertz CT molecular complexity index is 1090. The number of rotatable bonds is 3. The number of allylic oxidation sites excluding steroid dienone is 2. The molecule has 3 amide bonds. The summed E-state index contributed by atoms with van der Waals surface area (Å²) < 4.78 is 0. The Morgan fingerprint density at radius 1 is 0.900 bits per heavy atom. The van der Waals surface area contributed by atoms with E-state index in [1.54, 1.807) is 48.5 Å². The lowest BCUT2D eigenvalue weighted by Crippen LogP contribution is -2.40. The standard InChI is InChI=1S/C24H19ClN2O3/c25-18-3-1-2-4-19(18)26-22(28)12-5-7-13(8-6-12)27-23(29)20-14-9-10-15(17-11-16(14)17)21(20)24(27)30/h1-10,14-17,20-21H,11H2,(H,26,28)/t14-,15-,16-,17-,20+,21+/m0/s1. The molecule has 4 aliphatic carbocycles. The van der Waals surface area contributed by atoms with E-state index in [-0.39, 0.29) is 41.4 Å². The molecule has 150 valence electrons. The highest BCUT2D eigenvalue weighted by Gasteiger charge is 2.67. The summed E-state index contributed by atoms with van der Waals surface area (Å²) in [4.78, 5) is 40.2. The van der Waals surface area contributed by atoms with Gasteiger partial charge in [-0.3, -0.25) is 19.3 Å². The molecule has 2 bridgehead atoms. The van der Waals surface area contributed by atoms with E-state index in [0.29, 0.717) is 33.8 Å². The van der Waals surface area contributed by atoms with Gasteiger partial charge >= 0.3 is 0 Å². The van der Waals surface area contributed by atoms with E-state index in [9.17, 15) is 14.4 Å². The Labute approximate surface area is 178 Å². The van der Waals surface area contributed by atoms with E-state index in [1.165, 1.54) is 4.90 Å². The predicted octanol–water partition coefficient (Wildman–Crippen LogP) is 4.15. The molecule has 2 aromatic rings. The normalized spacial score (nSPS) is 32.8. The van der Waals surface area contributed by atoms with Crippen molar-refractivity contribution in [2.45, 2.75) is 6.42 Å². The minimum absolute atomic E-state index is 0.0945. The second-order valence-electron chi connectivity index (χ2n) is 8.65. The van der Waals surface area contributed by atoms with Crippen LogP contribution in [0.1, 0.15) is 16.8 Å². The van der Waals surface area contributed by atoms with Gasteiger partial charge in [-0.2, -0.15) is 0 Å². The summed E-state index contributed by atoms with van der Waals surface area (Å²) in [6, 6.07) is 13.6. The first-order chi connectivity index (χ1) is 14.5. The lowest BCUT2D eigenvalue weighted by atomic mass is 9.63. The molecule has 6 heteroatoms. The molecule has 1 N–H and O–H groups in total. The first-order valence-corrected chi connectivity index (χ1v) is 10.6. The van der Waals surface area contributed by atoms with Crippen LogP contribution in [0, 0.1) is 35.5 Å². The molecule has 0 spiro atoms. The highest BCUT2D eigenvalue weighted by molar-refractivity contribution is 6.34. The van der Waals surface area contributed by atoms with E-state index in [4.69, 9.17) is 11.6 Å². The number of anilines is 2. The minimum atomic E-state index is -0.301. The quantitative estimate of drug-likeness (QED) is 0.601. The van der Waals surface area contributed by atoms with Gasteiger partial charge in [0, 0.05) is 5.56 Å². The van der Waals surface area contributed by atoms with Crippen molar-refractivity contribution < 1.29 is 14.4 Å². The molecule has 30 heavy (non-hydrogen) atoms. The fourth-order valence-electron chi connectivity index (χ4n) is 5.73. The van der Waals surface area contributed by atoms with Gasteiger partial charge in [0.1, 0.15) is 0 Å². The summed E-state index contributed by atoms with van der Waals surface area (Å²) >= 11 is 6.10.